The molecule has 21 heavy (non-hydrogen) atoms. The van der Waals surface area contributed by atoms with Gasteiger partial charge in [-0.2, -0.15) is 0 Å². The van der Waals surface area contributed by atoms with Gasteiger partial charge in [0, 0.05) is 18.5 Å². The summed E-state index contributed by atoms with van der Waals surface area (Å²) in [7, 11) is 0. The number of aromatic nitrogens is 1. The van der Waals surface area contributed by atoms with Gasteiger partial charge in [-0.05, 0) is 37.1 Å². The fourth-order valence-electron chi connectivity index (χ4n) is 2.88. The summed E-state index contributed by atoms with van der Waals surface area (Å²) in [6.45, 7) is 3.91. The molecule has 1 fully saturated rings. The molecule has 110 valence electrons. The molecular formula is C17H20N2O2. The smallest absolute Gasteiger partial charge is 0.354 e. The monoisotopic (exact) mass is 284 g/mol. The summed E-state index contributed by atoms with van der Waals surface area (Å²) in [5, 5.41) is 11.2. The third-order valence-electron chi connectivity index (χ3n) is 4.32. The van der Waals surface area contributed by atoms with Crippen LogP contribution in [-0.2, 0) is 0 Å². The summed E-state index contributed by atoms with van der Waals surface area (Å²) in [4.78, 5) is 17.9. The number of carboxylic acids is 1. The fraction of sp³-hybridized carbons (Fsp3) is 0.412. The SMILES string of the molecule is CCN(CC1CCC1)c1nc(C(=O)O)cc2ccccc12. The van der Waals surface area contributed by atoms with Crippen LogP contribution in [0.25, 0.3) is 10.8 Å². The zero-order valence-electron chi connectivity index (χ0n) is 12.2. The van der Waals surface area contributed by atoms with E-state index in [0.29, 0.717) is 0 Å². The van der Waals surface area contributed by atoms with E-state index in [0.717, 1.165) is 35.6 Å². The summed E-state index contributed by atoms with van der Waals surface area (Å²) >= 11 is 0. The second kappa shape index (κ2) is 5.72. The van der Waals surface area contributed by atoms with Crippen LogP contribution in [0.2, 0.25) is 0 Å². The van der Waals surface area contributed by atoms with Gasteiger partial charge in [0.15, 0.2) is 5.69 Å². The second-order valence-corrected chi connectivity index (χ2v) is 5.69. The van der Waals surface area contributed by atoms with Gasteiger partial charge < -0.3 is 10.0 Å². The molecule has 3 rings (SSSR count). The van der Waals surface area contributed by atoms with E-state index >= 15 is 0 Å². The molecule has 1 saturated carbocycles. The van der Waals surface area contributed by atoms with Crippen molar-refractivity contribution >= 4 is 22.6 Å². The average Bonchev–Trinajstić information content (AvgIpc) is 2.45. The minimum Gasteiger partial charge on any atom is -0.477 e. The maximum atomic E-state index is 11.3. The van der Waals surface area contributed by atoms with E-state index < -0.39 is 5.97 Å². The zero-order valence-corrected chi connectivity index (χ0v) is 12.2. The zero-order chi connectivity index (χ0) is 14.8. The Morgan fingerprint density at radius 3 is 2.76 bits per heavy atom. The normalized spacial score (nSPS) is 14.9. The first-order valence-corrected chi connectivity index (χ1v) is 7.57. The predicted octanol–water partition coefficient (Wildman–Crippen LogP) is 3.56. The Balaban J connectivity index is 2.06. The maximum absolute atomic E-state index is 11.3. The number of fused-ring (bicyclic) bond motifs is 1. The van der Waals surface area contributed by atoms with Gasteiger partial charge in [0.05, 0.1) is 0 Å². The number of anilines is 1. The minimum atomic E-state index is -0.971. The molecule has 2 aromatic rings. The molecule has 0 atom stereocenters. The molecule has 1 aromatic heterocycles. The molecule has 0 radical (unpaired) electrons. The van der Waals surface area contributed by atoms with Crippen molar-refractivity contribution in [3.63, 3.8) is 0 Å². The Morgan fingerprint density at radius 2 is 2.14 bits per heavy atom. The van der Waals surface area contributed by atoms with Crippen LogP contribution in [0.3, 0.4) is 0 Å². The highest BCUT2D eigenvalue weighted by Crippen LogP contribution is 2.31. The van der Waals surface area contributed by atoms with Crippen LogP contribution in [-0.4, -0.2) is 29.1 Å². The number of carboxylic acid groups (broad SMARTS) is 1. The molecular weight excluding hydrogens is 264 g/mol. The van der Waals surface area contributed by atoms with Gasteiger partial charge in [0.25, 0.3) is 0 Å². The molecule has 4 heteroatoms. The number of pyridine rings is 1. The average molecular weight is 284 g/mol. The van der Waals surface area contributed by atoms with Gasteiger partial charge in [0.1, 0.15) is 5.82 Å². The van der Waals surface area contributed by atoms with Gasteiger partial charge in [0.2, 0.25) is 0 Å². The number of hydrogen-bond acceptors (Lipinski definition) is 3. The molecule has 0 bridgehead atoms. The van der Waals surface area contributed by atoms with Crippen molar-refractivity contribution in [3.8, 4) is 0 Å². The van der Waals surface area contributed by atoms with E-state index in [1.807, 2.05) is 24.3 Å². The third-order valence-corrected chi connectivity index (χ3v) is 4.32. The Bertz CT molecular complexity index is 665. The van der Waals surface area contributed by atoms with Crippen molar-refractivity contribution in [3.05, 3.63) is 36.0 Å². The number of benzene rings is 1. The second-order valence-electron chi connectivity index (χ2n) is 5.69. The van der Waals surface area contributed by atoms with Gasteiger partial charge >= 0.3 is 5.97 Å². The van der Waals surface area contributed by atoms with Crippen molar-refractivity contribution in [1.29, 1.82) is 0 Å². The standard InChI is InChI=1S/C17H20N2O2/c1-2-19(11-12-6-5-7-12)16-14-9-4-3-8-13(14)10-15(18-16)17(20)21/h3-4,8-10,12H,2,5-7,11H2,1H3,(H,20,21). The molecule has 0 amide bonds. The molecule has 4 nitrogen and oxygen atoms in total. The van der Waals surface area contributed by atoms with Gasteiger partial charge in [-0.25, -0.2) is 9.78 Å². The van der Waals surface area contributed by atoms with Crippen LogP contribution in [0.1, 0.15) is 36.7 Å². The van der Waals surface area contributed by atoms with E-state index in [1.165, 1.54) is 19.3 Å². The van der Waals surface area contributed by atoms with Crippen LogP contribution in [0.4, 0.5) is 5.82 Å². The summed E-state index contributed by atoms with van der Waals surface area (Å²) in [6, 6.07) is 9.53. The van der Waals surface area contributed by atoms with Crippen molar-refractivity contribution < 1.29 is 9.90 Å². The predicted molar refractivity (Wildman–Crippen MR) is 83.9 cm³/mol. The first-order chi connectivity index (χ1) is 10.2. The number of rotatable bonds is 5. The largest absolute Gasteiger partial charge is 0.477 e. The van der Waals surface area contributed by atoms with Crippen LogP contribution in [0.5, 0.6) is 0 Å². The van der Waals surface area contributed by atoms with Crippen LogP contribution < -0.4 is 4.90 Å². The molecule has 0 spiro atoms. The summed E-state index contributed by atoms with van der Waals surface area (Å²) in [5.41, 5.74) is 0.121. The van der Waals surface area contributed by atoms with E-state index in [-0.39, 0.29) is 5.69 Å². The molecule has 1 aromatic carbocycles. The first kappa shape index (κ1) is 13.9. The molecule has 1 aliphatic carbocycles. The van der Waals surface area contributed by atoms with Gasteiger partial charge in [-0.15, -0.1) is 0 Å². The van der Waals surface area contributed by atoms with E-state index in [1.54, 1.807) is 6.07 Å². The minimum absolute atomic E-state index is 0.121. The number of nitrogens with zero attached hydrogens (tertiary/aromatic N) is 2. The number of hydrogen-bond donors (Lipinski definition) is 1. The Morgan fingerprint density at radius 1 is 1.38 bits per heavy atom. The quantitative estimate of drug-likeness (QED) is 0.912. The summed E-state index contributed by atoms with van der Waals surface area (Å²) in [5.74, 6) is 0.556. The highest BCUT2D eigenvalue weighted by Gasteiger charge is 2.22. The van der Waals surface area contributed by atoms with Crippen molar-refractivity contribution in [2.24, 2.45) is 5.92 Å². The van der Waals surface area contributed by atoms with Gasteiger partial charge in [-0.3, -0.25) is 0 Å². The Hall–Kier alpha value is -2.10. The third kappa shape index (κ3) is 2.71. The van der Waals surface area contributed by atoms with E-state index in [4.69, 9.17) is 0 Å². The van der Waals surface area contributed by atoms with Crippen LogP contribution in [0.15, 0.2) is 30.3 Å². The maximum Gasteiger partial charge on any atom is 0.354 e. The van der Waals surface area contributed by atoms with Crippen LogP contribution >= 0.6 is 0 Å². The summed E-state index contributed by atoms with van der Waals surface area (Å²) in [6.07, 6.45) is 3.85. The Labute approximate surface area is 124 Å². The lowest BCUT2D eigenvalue weighted by Crippen LogP contribution is -2.33. The lowest BCUT2D eigenvalue weighted by Gasteiger charge is -2.33. The van der Waals surface area contributed by atoms with Gasteiger partial charge in [-0.1, -0.05) is 30.7 Å². The molecule has 1 aliphatic rings. The molecule has 0 aliphatic heterocycles. The summed E-state index contributed by atoms with van der Waals surface area (Å²) < 4.78 is 0. The highest BCUT2D eigenvalue weighted by atomic mass is 16.4. The highest BCUT2D eigenvalue weighted by molar-refractivity contribution is 5.98. The molecule has 0 unspecified atom stereocenters. The van der Waals surface area contributed by atoms with Crippen molar-refractivity contribution in [2.45, 2.75) is 26.2 Å². The molecule has 0 saturated heterocycles. The fourth-order valence-corrected chi connectivity index (χ4v) is 2.88. The topological polar surface area (TPSA) is 53.4 Å². The Kier molecular flexibility index (Phi) is 3.78. The van der Waals surface area contributed by atoms with Crippen molar-refractivity contribution in [1.82, 2.24) is 4.98 Å². The van der Waals surface area contributed by atoms with E-state index in [2.05, 4.69) is 16.8 Å². The number of aromatic carboxylic acids is 1. The first-order valence-electron chi connectivity index (χ1n) is 7.57. The molecule has 1 N–H and O–H groups in total. The van der Waals surface area contributed by atoms with Crippen molar-refractivity contribution in [2.75, 3.05) is 18.0 Å². The number of carbonyl (C=O) groups is 1. The lowest BCUT2D eigenvalue weighted by atomic mass is 9.85. The van der Waals surface area contributed by atoms with Crippen LogP contribution in [0, 0.1) is 5.92 Å². The molecule has 1 heterocycles. The van der Waals surface area contributed by atoms with E-state index in [9.17, 15) is 9.90 Å². The lowest BCUT2D eigenvalue weighted by molar-refractivity contribution is 0.0691.